The minimum Gasteiger partial charge on any atom is -0.874 e. The van der Waals surface area contributed by atoms with Gasteiger partial charge in [0, 0.05) is 6.08 Å². The zero-order valence-corrected chi connectivity index (χ0v) is 15.3. The lowest BCUT2D eigenvalue weighted by Crippen LogP contribution is -2.41. The number of fused-ring (bicyclic) bond motifs is 2. The van der Waals surface area contributed by atoms with Crippen LogP contribution in [-0.4, -0.2) is 78.7 Å². The predicted octanol–water partition coefficient (Wildman–Crippen LogP) is 0.142. The average Bonchev–Trinajstić information content (AvgIpc) is 3.25. The van der Waals surface area contributed by atoms with Crippen molar-refractivity contribution in [1.82, 2.24) is 4.90 Å². The fraction of sp³-hybridized carbons (Fsp3) is 0.421. The zero-order chi connectivity index (χ0) is 20.0. The van der Waals surface area contributed by atoms with Gasteiger partial charge in [-0.1, -0.05) is 6.26 Å². The van der Waals surface area contributed by atoms with Gasteiger partial charge >= 0.3 is 5.82 Å². The van der Waals surface area contributed by atoms with Crippen LogP contribution in [0.15, 0.2) is 57.5 Å². The molecule has 1 atom stereocenters. The molecule has 0 N–H and O–H groups in total. The van der Waals surface area contributed by atoms with E-state index in [1.54, 1.807) is 6.21 Å². The molecule has 152 valence electrons. The molecule has 0 bridgehead atoms. The molecule has 0 aromatic rings. The molecule has 0 aromatic carbocycles. The Hall–Kier alpha value is -3.01. The molecule has 0 amide bonds. The Morgan fingerprint density at radius 1 is 1.28 bits per heavy atom. The van der Waals surface area contributed by atoms with E-state index < -0.39 is 12.5 Å². The molecule has 0 unspecified atom stereocenters. The monoisotopic (exact) mass is 404 g/mol. The maximum Gasteiger partial charge on any atom is 0.337 e. The van der Waals surface area contributed by atoms with E-state index in [1.165, 1.54) is 4.90 Å². The molecule has 2 saturated heterocycles. The van der Waals surface area contributed by atoms with E-state index in [9.17, 15) is 13.9 Å². The Balaban J connectivity index is 1.51. The van der Waals surface area contributed by atoms with E-state index in [0.29, 0.717) is 44.2 Å². The van der Waals surface area contributed by atoms with Gasteiger partial charge in [-0.15, -0.1) is 0 Å². The van der Waals surface area contributed by atoms with Gasteiger partial charge in [0.1, 0.15) is 37.1 Å². The van der Waals surface area contributed by atoms with E-state index in [-0.39, 0.29) is 24.4 Å². The first-order chi connectivity index (χ1) is 14.1. The van der Waals surface area contributed by atoms with E-state index in [0.717, 1.165) is 11.3 Å². The highest BCUT2D eigenvalue weighted by molar-refractivity contribution is 6.29. The predicted molar refractivity (Wildman–Crippen MR) is 96.5 cm³/mol. The lowest BCUT2D eigenvalue weighted by Gasteiger charge is -2.23. The van der Waals surface area contributed by atoms with Gasteiger partial charge in [0.15, 0.2) is 12.1 Å². The van der Waals surface area contributed by atoms with Crippen LogP contribution in [0.5, 0.6) is 0 Å². The molecule has 10 heteroatoms. The van der Waals surface area contributed by atoms with Crippen molar-refractivity contribution < 1.29 is 32.7 Å². The number of rotatable bonds is 2. The van der Waals surface area contributed by atoms with Crippen LogP contribution in [-0.2, 0) is 14.2 Å². The molecule has 8 nitrogen and oxygen atoms in total. The van der Waals surface area contributed by atoms with Gasteiger partial charge in [0.05, 0.1) is 25.0 Å². The van der Waals surface area contributed by atoms with Crippen LogP contribution >= 0.6 is 0 Å². The number of ether oxygens (including phenoxy) is 3. The minimum absolute atomic E-state index is 0.156. The lowest BCUT2D eigenvalue weighted by molar-refractivity contribution is -0.470. The van der Waals surface area contributed by atoms with Crippen molar-refractivity contribution in [2.24, 2.45) is 9.98 Å². The van der Waals surface area contributed by atoms with Gasteiger partial charge in [-0.25, -0.2) is 13.4 Å². The van der Waals surface area contributed by atoms with Gasteiger partial charge < -0.3 is 19.3 Å². The number of aliphatic imine (C=N–C) groups is 2. The molecule has 0 aromatic heterocycles. The number of halogens is 2. The summed E-state index contributed by atoms with van der Waals surface area (Å²) in [5, 5.41) is 11.3. The largest absolute Gasteiger partial charge is 0.874 e. The van der Waals surface area contributed by atoms with Crippen LogP contribution in [0.4, 0.5) is 8.78 Å². The van der Waals surface area contributed by atoms with Crippen molar-refractivity contribution in [3.05, 3.63) is 47.5 Å². The second-order valence-corrected chi connectivity index (χ2v) is 7.00. The molecule has 4 aliphatic heterocycles. The smallest absolute Gasteiger partial charge is 0.337 e. The van der Waals surface area contributed by atoms with Crippen molar-refractivity contribution in [1.29, 1.82) is 0 Å². The van der Waals surface area contributed by atoms with Gasteiger partial charge in [-0.3, -0.25) is 9.89 Å². The third kappa shape index (κ3) is 3.13. The van der Waals surface area contributed by atoms with Crippen LogP contribution in [0.2, 0.25) is 0 Å². The summed E-state index contributed by atoms with van der Waals surface area (Å²) >= 11 is 0. The van der Waals surface area contributed by atoms with Crippen molar-refractivity contribution in [2.45, 2.75) is 18.5 Å². The van der Waals surface area contributed by atoms with Gasteiger partial charge in [0.25, 0.3) is 12.3 Å². The van der Waals surface area contributed by atoms with E-state index >= 15 is 0 Å². The van der Waals surface area contributed by atoms with Crippen molar-refractivity contribution >= 4 is 17.8 Å². The summed E-state index contributed by atoms with van der Waals surface area (Å²) in [7, 11) is 0. The Labute approximate surface area is 165 Å². The summed E-state index contributed by atoms with van der Waals surface area (Å²) in [5.74, 6) is 1.30. The van der Waals surface area contributed by atoms with E-state index in [4.69, 9.17) is 14.2 Å². The van der Waals surface area contributed by atoms with Gasteiger partial charge in [-0.05, 0) is 17.1 Å². The van der Waals surface area contributed by atoms with Crippen LogP contribution in [0.3, 0.4) is 0 Å². The van der Waals surface area contributed by atoms with Gasteiger partial charge in [-0.2, -0.15) is 0 Å². The Morgan fingerprint density at radius 2 is 2.14 bits per heavy atom. The SMILES string of the molecule is [O-]C=C1OC[C@@H](C(F)F)N1C1=NC2=C3C=CC(=NC4COC4)C=C3OCC[N+]2=C1. The highest BCUT2D eigenvalue weighted by Gasteiger charge is 2.44. The number of nitrogens with zero attached hydrogens (tertiary/aromatic N) is 4. The fourth-order valence-corrected chi connectivity index (χ4v) is 3.60. The zero-order valence-electron chi connectivity index (χ0n) is 15.3. The molecule has 5 rings (SSSR count). The summed E-state index contributed by atoms with van der Waals surface area (Å²) < 4.78 is 44.8. The summed E-state index contributed by atoms with van der Waals surface area (Å²) in [4.78, 5) is 10.3. The molecule has 4 heterocycles. The lowest BCUT2D eigenvalue weighted by atomic mass is 10.1. The normalized spacial score (nSPS) is 29.1. The van der Waals surface area contributed by atoms with E-state index in [1.807, 2.05) is 22.8 Å². The quantitative estimate of drug-likeness (QED) is 0.483. The second-order valence-electron chi connectivity index (χ2n) is 7.00. The molecular formula is C19H18F2N4O4. The van der Waals surface area contributed by atoms with Crippen LogP contribution < -0.4 is 5.11 Å². The molecular weight excluding hydrogens is 386 g/mol. The fourth-order valence-electron chi connectivity index (χ4n) is 3.60. The Morgan fingerprint density at radius 3 is 2.86 bits per heavy atom. The highest BCUT2D eigenvalue weighted by Crippen LogP contribution is 2.31. The summed E-state index contributed by atoms with van der Waals surface area (Å²) in [6.45, 7) is 1.85. The number of hydrogen-bond donors (Lipinski definition) is 0. The van der Waals surface area contributed by atoms with Crippen molar-refractivity contribution in [3.8, 4) is 0 Å². The van der Waals surface area contributed by atoms with Crippen molar-refractivity contribution in [2.75, 3.05) is 33.0 Å². The first kappa shape index (κ1) is 18.0. The molecule has 0 saturated carbocycles. The third-order valence-electron chi connectivity index (χ3n) is 5.12. The highest BCUT2D eigenvalue weighted by atomic mass is 19.3. The number of amidine groups is 1. The molecule has 29 heavy (non-hydrogen) atoms. The van der Waals surface area contributed by atoms with Crippen molar-refractivity contribution in [3.63, 3.8) is 0 Å². The van der Waals surface area contributed by atoms with Crippen LogP contribution in [0.25, 0.3) is 0 Å². The summed E-state index contributed by atoms with van der Waals surface area (Å²) in [6.07, 6.45) is 4.98. The second kappa shape index (κ2) is 7.11. The molecule has 0 spiro atoms. The topological polar surface area (TPSA) is 81.7 Å². The first-order valence-corrected chi connectivity index (χ1v) is 9.29. The van der Waals surface area contributed by atoms with Gasteiger partial charge in [0.2, 0.25) is 0 Å². The molecule has 2 fully saturated rings. The number of hydrogen-bond acceptors (Lipinski definition) is 7. The Bertz CT molecular complexity index is 944. The average molecular weight is 404 g/mol. The first-order valence-electron chi connectivity index (χ1n) is 9.29. The maximum atomic E-state index is 13.4. The molecule has 1 aliphatic carbocycles. The van der Waals surface area contributed by atoms with E-state index in [2.05, 4.69) is 9.98 Å². The third-order valence-corrected chi connectivity index (χ3v) is 5.12. The number of alkyl halides is 2. The maximum absolute atomic E-state index is 13.4. The summed E-state index contributed by atoms with van der Waals surface area (Å²) in [6, 6.07) is -1.10. The van der Waals surface area contributed by atoms with Crippen LogP contribution in [0.1, 0.15) is 0 Å². The number of allylic oxidation sites excluding steroid dienone is 3. The molecule has 5 aliphatic rings. The molecule has 0 radical (unpaired) electrons. The minimum atomic E-state index is -2.68. The van der Waals surface area contributed by atoms with Crippen LogP contribution in [0, 0.1) is 0 Å². The Kier molecular flexibility index (Phi) is 4.42. The standard InChI is InChI=1S/C19H18F2N4O4/c20-18(21)14-10-29-17(7-26)25(14)16-6-24-3-4-28-15-5-11(22-12-8-27-9-12)1-2-13(15)19(24)23-16/h1-2,5-7,12,14,18H,3-4,8-10H2/t14-/m0/s1. The summed E-state index contributed by atoms with van der Waals surface area (Å²) in [5.41, 5.74) is 1.53.